The molecule has 4 fully saturated rings. The van der Waals surface area contributed by atoms with Crippen LogP contribution >= 0.6 is 0 Å². The second kappa shape index (κ2) is 12.5. The zero-order chi connectivity index (χ0) is 40.9. The van der Waals surface area contributed by atoms with Gasteiger partial charge in [-0.15, -0.1) is 0 Å². The fourth-order valence-corrected chi connectivity index (χ4v) is 15.0. The van der Waals surface area contributed by atoms with Crippen molar-refractivity contribution in [2.75, 3.05) is 4.90 Å². The van der Waals surface area contributed by atoms with E-state index in [1.807, 2.05) is 0 Å². The van der Waals surface area contributed by atoms with Crippen molar-refractivity contribution in [1.29, 1.82) is 0 Å². The Morgan fingerprint density at radius 2 is 1.02 bits per heavy atom. The quantitative estimate of drug-likeness (QED) is 0.162. The summed E-state index contributed by atoms with van der Waals surface area (Å²) in [6.07, 6.45) is 8.29. The van der Waals surface area contributed by atoms with Gasteiger partial charge in [0.2, 0.25) is 0 Å². The van der Waals surface area contributed by atoms with E-state index in [4.69, 9.17) is 0 Å². The minimum absolute atomic E-state index is 0.108. The third-order valence-corrected chi connectivity index (χ3v) is 17.6. The summed E-state index contributed by atoms with van der Waals surface area (Å²) in [5, 5.41) is 0. The molecule has 2 bridgehead atoms. The molecule has 61 heavy (non-hydrogen) atoms. The zero-order valence-corrected chi connectivity index (χ0v) is 36.1. The highest BCUT2D eigenvalue weighted by Gasteiger charge is 2.84. The molecule has 0 aliphatic heterocycles. The lowest BCUT2D eigenvalue weighted by molar-refractivity contribution is -0.231. The highest BCUT2D eigenvalue weighted by atomic mass is 15.1. The Hall–Kier alpha value is -5.66. The topological polar surface area (TPSA) is 3.24 Å². The van der Waals surface area contributed by atoms with E-state index in [2.05, 4.69) is 196 Å². The van der Waals surface area contributed by atoms with E-state index in [1.165, 1.54) is 106 Å². The molecule has 0 amide bonds. The van der Waals surface area contributed by atoms with Crippen molar-refractivity contribution in [2.24, 2.45) is 29.1 Å². The van der Waals surface area contributed by atoms with Crippen molar-refractivity contribution in [2.45, 2.75) is 82.5 Å². The van der Waals surface area contributed by atoms with Crippen LogP contribution < -0.4 is 4.90 Å². The minimum Gasteiger partial charge on any atom is -0.310 e. The molecule has 300 valence electrons. The van der Waals surface area contributed by atoms with Gasteiger partial charge in [0.15, 0.2) is 0 Å². The summed E-state index contributed by atoms with van der Waals surface area (Å²) in [6.45, 7) is 9.74. The first-order chi connectivity index (χ1) is 29.7. The van der Waals surface area contributed by atoms with Gasteiger partial charge in [0.25, 0.3) is 0 Å². The zero-order valence-electron chi connectivity index (χ0n) is 36.1. The van der Waals surface area contributed by atoms with Gasteiger partial charge in [-0.3, -0.25) is 0 Å². The molecule has 0 saturated heterocycles. The molecular formula is C60H55N. The van der Waals surface area contributed by atoms with E-state index in [-0.39, 0.29) is 16.2 Å². The largest absolute Gasteiger partial charge is 0.310 e. The smallest absolute Gasteiger partial charge is 0.0467 e. The Morgan fingerprint density at radius 3 is 1.79 bits per heavy atom. The molecule has 0 N–H and O–H groups in total. The first kappa shape index (κ1) is 36.0. The average Bonchev–Trinajstić information content (AvgIpc) is 3.93. The predicted octanol–water partition coefficient (Wildman–Crippen LogP) is 15.8. The molecule has 2 spiro atoms. The monoisotopic (exact) mass is 789 g/mol. The van der Waals surface area contributed by atoms with Gasteiger partial charge in [-0.2, -0.15) is 0 Å². The van der Waals surface area contributed by atoms with E-state index < -0.39 is 0 Å². The molecule has 1 nitrogen and oxygen atoms in total. The summed E-state index contributed by atoms with van der Waals surface area (Å²) in [4.78, 5) is 2.46. The third kappa shape index (κ3) is 4.79. The fourth-order valence-electron chi connectivity index (χ4n) is 15.0. The highest BCUT2D eigenvalue weighted by molar-refractivity contribution is 5.87. The molecule has 6 unspecified atom stereocenters. The van der Waals surface area contributed by atoms with Crippen LogP contribution in [0.3, 0.4) is 0 Å². The van der Waals surface area contributed by atoms with E-state index in [0.717, 1.165) is 29.4 Å². The lowest BCUT2D eigenvalue weighted by Crippen LogP contribution is -2.73. The summed E-state index contributed by atoms with van der Waals surface area (Å²) in [5.74, 6) is 3.59. The number of anilines is 3. The summed E-state index contributed by atoms with van der Waals surface area (Å²) in [7, 11) is 0. The second-order valence-corrected chi connectivity index (χ2v) is 21.2. The number of benzene rings is 7. The van der Waals surface area contributed by atoms with E-state index in [1.54, 1.807) is 11.1 Å². The minimum atomic E-state index is 0.108. The van der Waals surface area contributed by atoms with Gasteiger partial charge >= 0.3 is 0 Å². The van der Waals surface area contributed by atoms with E-state index in [0.29, 0.717) is 5.41 Å². The van der Waals surface area contributed by atoms with Crippen LogP contribution in [0.1, 0.15) is 88.5 Å². The van der Waals surface area contributed by atoms with Crippen molar-refractivity contribution in [3.05, 3.63) is 186 Å². The molecule has 0 aromatic heterocycles. The third-order valence-electron chi connectivity index (χ3n) is 17.6. The Labute approximate surface area is 362 Å². The molecule has 7 aromatic rings. The van der Waals surface area contributed by atoms with Crippen LogP contribution in [0.25, 0.3) is 44.5 Å². The van der Waals surface area contributed by atoms with Crippen LogP contribution in [0.15, 0.2) is 164 Å². The first-order valence-electron chi connectivity index (χ1n) is 23.2. The van der Waals surface area contributed by atoms with Crippen LogP contribution in [0, 0.1) is 29.1 Å². The number of hydrogen-bond acceptors (Lipinski definition) is 1. The van der Waals surface area contributed by atoms with Crippen molar-refractivity contribution < 1.29 is 0 Å². The normalized spacial score (nSPS) is 27.3. The molecule has 6 aliphatic rings. The Morgan fingerprint density at radius 1 is 0.426 bits per heavy atom. The maximum atomic E-state index is 2.63. The number of fused-ring (bicyclic) bond motifs is 9. The van der Waals surface area contributed by atoms with E-state index in [9.17, 15) is 0 Å². The fraction of sp³-hybridized carbons (Fsp3) is 0.300. The Kier molecular flexibility index (Phi) is 7.37. The number of hydrogen-bond donors (Lipinski definition) is 0. The molecule has 4 saturated carbocycles. The molecule has 6 aliphatic carbocycles. The van der Waals surface area contributed by atoms with Crippen LogP contribution in [0.5, 0.6) is 0 Å². The second-order valence-electron chi connectivity index (χ2n) is 21.2. The molecule has 6 atom stereocenters. The van der Waals surface area contributed by atoms with Crippen LogP contribution in [0.2, 0.25) is 0 Å². The van der Waals surface area contributed by atoms with Crippen molar-refractivity contribution in [3.63, 3.8) is 0 Å². The molecule has 0 heterocycles. The van der Waals surface area contributed by atoms with Gasteiger partial charge in [0.05, 0.1) is 0 Å². The van der Waals surface area contributed by atoms with Gasteiger partial charge < -0.3 is 4.90 Å². The number of rotatable bonds is 6. The Bertz CT molecular complexity index is 2900. The lowest BCUT2D eigenvalue weighted by Gasteiger charge is -2.76. The first-order valence-corrected chi connectivity index (χ1v) is 23.2. The van der Waals surface area contributed by atoms with E-state index >= 15 is 0 Å². The van der Waals surface area contributed by atoms with Crippen molar-refractivity contribution in [1.82, 2.24) is 0 Å². The van der Waals surface area contributed by atoms with Gasteiger partial charge in [0.1, 0.15) is 0 Å². The summed E-state index contributed by atoms with van der Waals surface area (Å²) in [5.41, 5.74) is 21.6. The van der Waals surface area contributed by atoms with Crippen LogP contribution in [-0.4, -0.2) is 0 Å². The molecule has 1 heteroatoms. The van der Waals surface area contributed by atoms with Crippen LogP contribution in [-0.2, 0) is 16.2 Å². The van der Waals surface area contributed by atoms with Crippen molar-refractivity contribution >= 4 is 17.1 Å². The van der Waals surface area contributed by atoms with Gasteiger partial charge in [-0.05, 0) is 188 Å². The van der Waals surface area contributed by atoms with Gasteiger partial charge in [-0.25, -0.2) is 0 Å². The van der Waals surface area contributed by atoms with Gasteiger partial charge in [-0.1, -0.05) is 149 Å². The SMILES string of the molecule is CC1(C)CCC(C)(C)c2c(-c3cccc(N(c4ccc(-c5ccccc5)cc4)c4ccc(-c5ccc6c(c5)C5(c7ccccc7-6)C6CC7CC8CC5C86C7)cc4)c3)cccc21. The molecule has 7 aromatic carbocycles. The van der Waals surface area contributed by atoms with Gasteiger partial charge in [0, 0.05) is 22.5 Å². The summed E-state index contributed by atoms with van der Waals surface area (Å²) in [6, 6.07) is 62.6. The van der Waals surface area contributed by atoms with Crippen LogP contribution in [0.4, 0.5) is 17.1 Å². The standard InChI is InChI=1S/C60H55N/c1-57(2)30-31-58(3,4)56-48(17-11-19-52(56)57)43-14-10-15-47(34-43)61(45-25-20-40(21-26-45)39-12-6-5-7-13-39)46-27-22-41(23-28-46)42-24-29-50-49-16-8-9-18-51(49)60(53(50)35-42)54-33-38-32-44-36-55(60)59(44,54)37-38/h5-29,34-35,38,44,54-55H,30-33,36-37H2,1-4H3. The summed E-state index contributed by atoms with van der Waals surface area (Å²) < 4.78 is 0. The predicted molar refractivity (Wildman–Crippen MR) is 254 cm³/mol. The number of nitrogens with zero attached hydrogens (tertiary/aromatic N) is 1. The maximum Gasteiger partial charge on any atom is 0.0467 e. The molecular weight excluding hydrogens is 735 g/mol. The molecule has 0 radical (unpaired) electrons. The maximum absolute atomic E-state index is 2.63. The summed E-state index contributed by atoms with van der Waals surface area (Å²) >= 11 is 0. The highest BCUT2D eigenvalue weighted by Crippen LogP contribution is 2.89. The average molecular weight is 790 g/mol. The molecule has 13 rings (SSSR count). The lowest BCUT2D eigenvalue weighted by atomic mass is 9.27. The van der Waals surface area contributed by atoms with Crippen molar-refractivity contribution in [3.8, 4) is 44.5 Å². The Balaban J connectivity index is 0.903.